The van der Waals surface area contributed by atoms with E-state index in [0.29, 0.717) is 6.42 Å². The second-order valence-corrected chi connectivity index (χ2v) is 6.06. The number of sulfonamides is 1. The normalized spacial score (nSPS) is 11.7. The van der Waals surface area contributed by atoms with Crippen LogP contribution >= 0.6 is 11.6 Å². The van der Waals surface area contributed by atoms with Crippen LogP contribution in [0.2, 0.25) is 5.15 Å². The van der Waals surface area contributed by atoms with E-state index in [4.69, 9.17) is 11.6 Å². The molecule has 0 spiro atoms. The predicted octanol–water partition coefficient (Wildman–Crippen LogP) is 0.989. The highest BCUT2D eigenvalue weighted by Gasteiger charge is 2.17. The number of pyridine rings is 1. The van der Waals surface area contributed by atoms with Gasteiger partial charge in [-0.25, -0.2) is 18.1 Å². The maximum absolute atomic E-state index is 12.0. The van der Waals surface area contributed by atoms with Gasteiger partial charge >= 0.3 is 0 Å². The number of aryl methyl sites for hydroxylation is 1. The van der Waals surface area contributed by atoms with Crippen LogP contribution in [0.5, 0.6) is 0 Å². The molecule has 0 unspecified atom stereocenters. The van der Waals surface area contributed by atoms with Crippen LogP contribution in [0.25, 0.3) is 0 Å². The molecule has 0 aromatic carbocycles. The van der Waals surface area contributed by atoms with Crippen LogP contribution < -0.4 is 4.72 Å². The lowest BCUT2D eigenvalue weighted by Gasteiger charge is -2.06. The van der Waals surface area contributed by atoms with Gasteiger partial charge < -0.3 is 0 Å². The van der Waals surface area contributed by atoms with Crippen LogP contribution in [0.3, 0.4) is 0 Å². The molecule has 0 saturated carbocycles. The highest BCUT2D eigenvalue weighted by Crippen LogP contribution is 2.17. The Balaban J connectivity index is 2.01. The van der Waals surface area contributed by atoms with E-state index >= 15 is 0 Å². The minimum Gasteiger partial charge on any atom is -0.276 e. The van der Waals surface area contributed by atoms with Gasteiger partial charge in [0.25, 0.3) is 0 Å². The Morgan fingerprint density at radius 2 is 2.26 bits per heavy atom. The van der Waals surface area contributed by atoms with Gasteiger partial charge in [0, 0.05) is 26.0 Å². The van der Waals surface area contributed by atoms with Crippen molar-refractivity contribution in [1.29, 1.82) is 0 Å². The van der Waals surface area contributed by atoms with Crippen molar-refractivity contribution in [3.05, 3.63) is 41.4 Å². The summed E-state index contributed by atoms with van der Waals surface area (Å²) in [5, 5.41) is 3.98. The number of halogens is 1. The zero-order valence-corrected chi connectivity index (χ0v) is 11.8. The van der Waals surface area contributed by atoms with E-state index in [9.17, 15) is 8.42 Å². The van der Waals surface area contributed by atoms with Crippen LogP contribution in [0.15, 0.2) is 35.6 Å². The quantitative estimate of drug-likeness (QED) is 0.835. The van der Waals surface area contributed by atoms with Gasteiger partial charge in [-0.3, -0.25) is 4.68 Å². The highest BCUT2D eigenvalue weighted by molar-refractivity contribution is 7.89. The first kappa shape index (κ1) is 14.0. The zero-order chi connectivity index (χ0) is 13.9. The van der Waals surface area contributed by atoms with E-state index < -0.39 is 10.0 Å². The molecule has 2 aromatic heterocycles. The van der Waals surface area contributed by atoms with Crippen molar-refractivity contribution in [3.63, 3.8) is 0 Å². The number of rotatable bonds is 5. The summed E-state index contributed by atoms with van der Waals surface area (Å²) in [5.74, 6) is 0. The molecule has 0 atom stereocenters. The first-order valence-corrected chi connectivity index (χ1v) is 7.43. The van der Waals surface area contributed by atoms with Gasteiger partial charge in [0.2, 0.25) is 10.0 Å². The first-order chi connectivity index (χ1) is 8.99. The van der Waals surface area contributed by atoms with Gasteiger partial charge in [-0.15, -0.1) is 0 Å². The van der Waals surface area contributed by atoms with Gasteiger partial charge in [-0.2, -0.15) is 5.10 Å². The number of aromatic nitrogens is 3. The van der Waals surface area contributed by atoms with Crippen LogP contribution in [0.1, 0.15) is 5.56 Å². The molecule has 19 heavy (non-hydrogen) atoms. The first-order valence-electron chi connectivity index (χ1n) is 5.57. The third-order valence-electron chi connectivity index (χ3n) is 2.48. The van der Waals surface area contributed by atoms with Crippen LogP contribution in [0.4, 0.5) is 0 Å². The van der Waals surface area contributed by atoms with Gasteiger partial charge in [0.05, 0.1) is 6.20 Å². The van der Waals surface area contributed by atoms with Crippen LogP contribution in [-0.4, -0.2) is 29.7 Å². The Labute approximate surface area is 116 Å². The van der Waals surface area contributed by atoms with Crippen molar-refractivity contribution in [2.75, 3.05) is 6.54 Å². The fraction of sp³-hybridized carbons (Fsp3) is 0.273. The Hall–Kier alpha value is -1.44. The molecule has 2 heterocycles. The molecule has 1 N–H and O–H groups in total. The molecular weight excluding hydrogens is 288 g/mol. The Kier molecular flexibility index (Phi) is 4.18. The summed E-state index contributed by atoms with van der Waals surface area (Å²) in [5.41, 5.74) is 0.961. The van der Waals surface area contributed by atoms with Crippen molar-refractivity contribution >= 4 is 21.6 Å². The average Bonchev–Trinajstić information content (AvgIpc) is 2.75. The van der Waals surface area contributed by atoms with Crippen molar-refractivity contribution in [2.24, 2.45) is 7.05 Å². The van der Waals surface area contributed by atoms with Crippen LogP contribution in [0, 0.1) is 0 Å². The van der Waals surface area contributed by atoms with Crippen molar-refractivity contribution in [1.82, 2.24) is 19.5 Å². The van der Waals surface area contributed by atoms with E-state index in [2.05, 4.69) is 14.8 Å². The third kappa shape index (κ3) is 3.52. The van der Waals surface area contributed by atoms with Gasteiger partial charge in [-0.1, -0.05) is 11.6 Å². The summed E-state index contributed by atoms with van der Waals surface area (Å²) in [6.07, 6.45) is 5.54. The van der Waals surface area contributed by atoms with E-state index in [-0.39, 0.29) is 16.6 Å². The molecule has 0 aliphatic carbocycles. The third-order valence-corrected chi connectivity index (χ3v) is 4.38. The lowest BCUT2D eigenvalue weighted by molar-refractivity contribution is 0.581. The summed E-state index contributed by atoms with van der Waals surface area (Å²) < 4.78 is 28.1. The molecule has 0 saturated heterocycles. The predicted molar refractivity (Wildman–Crippen MR) is 71.3 cm³/mol. The van der Waals surface area contributed by atoms with Gasteiger partial charge in [0.1, 0.15) is 10.0 Å². The Morgan fingerprint density at radius 3 is 2.89 bits per heavy atom. The van der Waals surface area contributed by atoms with E-state index in [0.717, 1.165) is 5.56 Å². The monoisotopic (exact) mass is 300 g/mol. The molecule has 6 nitrogen and oxygen atoms in total. The summed E-state index contributed by atoms with van der Waals surface area (Å²) in [6.45, 7) is 0.277. The minimum absolute atomic E-state index is 0.0112. The summed E-state index contributed by atoms with van der Waals surface area (Å²) >= 11 is 5.76. The second-order valence-electron chi connectivity index (χ2n) is 3.96. The van der Waals surface area contributed by atoms with Crippen LogP contribution in [-0.2, 0) is 23.5 Å². The van der Waals surface area contributed by atoms with E-state index in [1.54, 1.807) is 10.9 Å². The van der Waals surface area contributed by atoms with E-state index in [1.807, 2.05) is 13.2 Å². The lowest BCUT2D eigenvalue weighted by atomic mass is 10.3. The number of nitrogens with one attached hydrogen (secondary N) is 1. The summed E-state index contributed by atoms with van der Waals surface area (Å²) in [6, 6.07) is 2.95. The molecule has 0 amide bonds. The number of nitrogens with zero attached hydrogens (tertiary/aromatic N) is 3. The number of hydrogen-bond acceptors (Lipinski definition) is 4. The van der Waals surface area contributed by atoms with Gasteiger partial charge in [-0.05, 0) is 24.1 Å². The van der Waals surface area contributed by atoms with E-state index in [1.165, 1.54) is 18.3 Å². The molecule has 8 heteroatoms. The largest absolute Gasteiger partial charge is 0.276 e. The molecule has 0 bridgehead atoms. The topological polar surface area (TPSA) is 76.9 Å². The molecule has 0 radical (unpaired) electrons. The molecule has 0 aliphatic rings. The molecule has 0 aliphatic heterocycles. The molecule has 0 fully saturated rings. The Morgan fingerprint density at radius 1 is 1.47 bits per heavy atom. The highest BCUT2D eigenvalue weighted by atomic mass is 35.5. The second kappa shape index (κ2) is 5.68. The molecule has 2 aromatic rings. The standard InChI is InChI=1S/C11H13ClN4O2S/c1-16-8-9(7-14-16)4-6-15-19(17,18)10-3-2-5-13-11(10)12/h2-3,5,7-8,15H,4,6H2,1H3. The SMILES string of the molecule is Cn1cc(CCNS(=O)(=O)c2cccnc2Cl)cn1. The maximum atomic E-state index is 12.0. The molecule has 102 valence electrons. The fourth-order valence-corrected chi connectivity index (χ4v) is 3.06. The zero-order valence-electron chi connectivity index (χ0n) is 10.2. The van der Waals surface area contributed by atoms with Gasteiger partial charge in [0.15, 0.2) is 0 Å². The van der Waals surface area contributed by atoms with Crippen molar-refractivity contribution < 1.29 is 8.42 Å². The maximum Gasteiger partial charge on any atom is 0.243 e. The lowest BCUT2D eigenvalue weighted by Crippen LogP contribution is -2.26. The fourth-order valence-electron chi connectivity index (χ4n) is 1.58. The van der Waals surface area contributed by atoms with Crippen molar-refractivity contribution in [2.45, 2.75) is 11.3 Å². The smallest absolute Gasteiger partial charge is 0.243 e. The minimum atomic E-state index is -3.63. The number of hydrogen-bond donors (Lipinski definition) is 1. The summed E-state index contributed by atoms with van der Waals surface area (Å²) in [7, 11) is -1.82. The average molecular weight is 301 g/mol. The Bertz CT molecular complexity index is 669. The summed E-state index contributed by atoms with van der Waals surface area (Å²) in [4.78, 5) is 3.74. The van der Waals surface area contributed by atoms with Crippen molar-refractivity contribution in [3.8, 4) is 0 Å². The molecule has 2 rings (SSSR count). The molecular formula is C11H13ClN4O2S.